The van der Waals surface area contributed by atoms with Crippen molar-refractivity contribution < 1.29 is 14.5 Å². The van der Waals surface area contributed by atoms with Crippen LogP contribution in [0.15, 0.2) is 42.5 Å². The van der Waals surface area contributed by atoms with Crippen LogP contribution in [0.4, 0.5) is 11.4 Å². The Kier molecular flexibility index (Phi) is 4.67. The first kappa shape index (κ1) is 16.9. The fraction of sp³-hybridized carbons (Fsp3) is 0.176. The Morgan fingerprint density at radius 3 is 2.52 bits per heavy atom. The summed E-state index contributed by atoms with van der Waals surface area (Å²) >= 11 is 5.75. The summed E-state index contributed by atoms with van der Waals surface area (Å²) in [4.78, 5) is 34.9. The highest BCUT2D eigenvalue weighted by molar-refractivity contribution is 6.32. The number of halogens is 1. The summed E-state index contributed by atoms with van der Waals surface area (Å²) in [6.07, 6.45) is 1.91. The molecule has 0 saturated heterocycles. The van der Waals surface area contributed by atoms with Gasteiger partial charge in [-0.05, 0) is 37.1 Å². The van der Waals surface area contributed by atoms with Crippen LogP contribution in [0.25, 0.3) is 0 Å². The first-order chi connectivity index (χ1) is 12.0. The van der Waals surface area contributed by atoms with Crippen LogP contribution in [0.5, 0.6) is 0 Å². The van der Waals surface area contributed by atoms with E-state index in [0.717, 1.165) is 18.9 Å². The summed E-state index contributed by atoms with van der Waals surface area (Å²) < 4.78 is 0. The highest BCUT2D eigenvalue weighted by Crippen LogP contribution is 2.26. The lowest BCUT2D eigenvalue weighted by atomic mass is 10.1. The average Bonchev–Trinajstić information content (AvgIpc) is 3.39. The number of nitrogens with zero attached hydrogens (tertiary/aromatic N) is 1. The molecule has 0 aromatic heterocycles. The van der Waals surface area contributed by atoms with E-state index in [1.807, 2.05) is 0 Å². The number of rotatable bonds is 5. The summed E-state index contributed by atoms with van der Waals surface area (Å²) in [6, 6.07) is 10.6. The van der Waals surface area contributed by atoms with E-state index in [1.54, 1.807) is 24.3 Å². The summed E-state index contributed by atoms with van der Waals surface area (Å²) in [7, 11) is 0. The van der Waals surface area contributed by atoms with E-state index in [9.17, 15) is 19.7 Å². The zero-order valence-electron chi connectivity index (χ0n) is 13.0. The van der Waals surface area contributed by atoms with E-state index >= 15 is 0 Å². The molecule has 0 unspecified atom stereocenters. The number of amides is 2. The number of nitrogens with one attached hydrogen (secondary N) is 2. The number of para-hydroxylation sites is 1. The Morgan fingerprint density at radius 2 is 1.84 bits per heavy atom. The number of nitro groups is 1. The molecule has 1 aliphatic carbocycles. The molecule has 0 radical (unpaired) electrons. The van der Waals surface area contributed by atoms with Gasteiger partial charge in [-0.15, -0.1) is 0 Å². The van der Waals surface area contributed by atoms with Gasteiger partial charge >= 0.3 is 0 Å². The molecular weight excluding hydrogens is 346 g/mol. The van der Waals surface area contributed by atoms with Crippen molar-refractivity contribution in [1.82, 2.24) is 5.32 Å². The molecule has 128 valence electrons. The molecule has 1 saturated carbocycles. The maximum absolute atomic E-state index is 12.4. The zero-order valence-corrected chi connectivity index (χ0v) is 13.7. The Balaban J connectivity index is 1.82. The minimum Gasteiger partial charge on any atom is -0.349 e. The molecule has 0 atom stereocenters. The molecule has 2 aromatic carbocycles. The third-order valence-corrected chi connectivity index (χ3v) is 4.06. The Hall–Kier alpha value is -2.93. The molecule has 3 rings (SSSR count). The van der Waals surface area contributed by atoms with E-state index in [2.05, 4.69) is 10.6 Å². The third kappa shape index (κ3) is 3.95. The molecule has 1 aliphatic rings. The van der Waals surface area contributed by atoms with Gasteiger partial charge < -0.3 is 10.6 Å². The van der Waals surface area contributed by atoms with Crippen molar-refractivity contribution in [3.8, 4) is 0 Å². The lowest BCUT2D eigenvalue weighted by Gasteiger charge is -2.11. The van der Waals surface area contributed by atoms with Crippen LogP contribution < -0.4 is 10.6 Å². The van der Waals surface area contributed by atoms with Gasteiger partial charge in [-0.1, -0.05) is 23.7 Å². The maximum Gasteiger partial charge on any atom is 0.288 e. The minimum atomic E-state index is -0.657. The van der Waals surface area contributed by atoms with Gasteiger partial charge in [0.25, 0.3) is 17.5 Å². The Labute approximate surface area is 148 Å². The SMILES string of the molecule is O=C(Nc1ccccc1C(=O)NC1CC1)c1ccc(Cl)c([N+](=O)[O-])c1. The first-order valence-corrected chi connectivity index (χ1v) is 7.98. The van der Waals surface area contributed by atoms with E-state index in [4.69, 9.17) is 11.6 Å². The van der Waals surface area contributed by atoms with Gasteiger partial charge in [-0.3, -0.25) is 19.7 Å². The molecule has 0 heterocycles. The molecule has 2 amide bonds. The second kappa shape index (κ2) is 6.90. The van der Waals surface area contributed by atoms with Gasteiger partial charge in [-0.25, -0.2) is 0 Å². The van der Waals surface area contributed by atoms with Gasteiger partial charge in [0.1, 0.15) is 5.02 Å². The smallest absolute Gasteiger partial charge is 0.288 e. The van der Waals surface area contributed by atoms with Crippen LogP contribution in [0, 0.1) is 10.1 Å². The summed E-state index contributed by atoms with van der Waals surface area (Å²) in [5.74, 6) is -0.827. The van der Waals surface area contributed by atoms with Gasteiger partial charge in [0, 0.05) is 17.7 Å². The Bertz CT molecular complexity index is 865. The molecular formula is C17H14ClN3O4. The monoisotopic (exact) mass is 359 g/mol. The van der Waals surface area contributed by atoms with Gasteiger partial charge in [-0.2, -0.15) is 0 Å². The van der Waals surface area contributed by atoms with E-state index in [-0.39, 0.29) is 28.2 Å². The molecule has 1 fully saturated rings. The predicted molar refractivity (Wildman–Crippen MR) is 93.0 cm³/mol. The standard InChI is InChI=1S/C17H14ClN3O4/c18-13-8-5-10(9-15(13)21(24)25)16(22)20-14-4-2-1-3-12(14)17(23)19-11-6-7-11/h1-5,8-9,11H,6-7H2,(H,19,23)(H,20,22). The van der Waals surface area contributed by atoms with Crippen molar-refractivity contribution in [2.75, 3.05) is 5.32 Å². The number of carbonyl (C=O) groups is 2. The zero-order chi connectivity index (χ0) is 18.0. The number of anilines is 1. The molecule has 0 spiro atoms. The third-order valence-electron chi connectivity index (χ3n) is 3.74. The number of nitro benzene ring substituents is 1. The molecule has 25 heavy (non-hydrogen) atoms. The maximum atomic E-state index is 12.4. The molecule has 2 aromatic rings. The normalized spacial score (nSPS) is 13.2. The largest absolute Gasteiger partial charge is 0.349 e. The van der Waals surface area contributed by atoms with Crippen molar-refractivity contribution in [3.63, 3.8) is 0 Å². The topological polar surface area (TPSA) is 101 Å². The Morgan fingerprint density at radius 1 is 1.12 bits per heavy atom. The van der Waals surface area contributed by atoms with Crippen LogP contribution in [0.1, 0.15) is 33.6 Å². The van der Waals surface area contributed by atoms with Crippen LogP contribution in [-0.4, -0.2) is 22.8 Å². The van der Waals surface area contributed by atoms with E-state index in [0.29, 0.717) is 11.3 Å². The van der Waals surface area contributed by atoms with Crippen LogP contribution in [0.2, 0.25) is 5.02 Å². The highest BCUT2D eigenvalue weighted by Gasteiger charge is 2.25. The number of carbonyl (C=O) groups excluding carboxylic acids is 2. The second-order valence-corrected chi connectivity index (χ2v) is 6.08. The van der Waals surface area contributed by atoms with Gasteiger partial charge in [0.15, 0.2) is 0 Å². The summed E-state index contributed by atoms with van der Waals surface area (Å²) in [5, 5.41) is 16.4. The van der Waals surface area contributed by atoms with Gasteiger partial charge in [0.05, 0.1) is 16.2 Å². The van der Waals surface area contributed by atoms with Crippen molar-refractivity contribution in [3.05, 3.63) is 68.7 Å². The number of benzene rings is 2. The molecule has 0 aliphatic heterocycles. The average molecular weight is 360 g/mol. The number of hydrogen-bond donors (Lipinski definition) is 2. The predicted octanol–water partition coefficient (Wildman–Crippen LogP) is 3.39. The fourth-order valence-electron chi connectivity index (χ4n) is 2.27. The van der Waals surface area contributed by atoms with Crippen molar-refractivity contribution in [1.29, 1.82) is 0 Å². The summed E-state index contributed by atoms with van der Waals surface area (Å²) in [6.45, 7) is 0. The van der Waals surface area contributed by atoms with Crippen molar-refractivity contribution in [2.24, 2.45) is 0 Å². The molecule has 2 N–H and O–H groups in total. The van der Waals surface area contributed by atoms with Gasteiger partial charge in [0.2, 0.25) is 0 Å². The van der Waals surface area contributed by atoms with Crippen molar-refractivity contribution >= 4 is 34.8 Å². The summed E-state index contributed by atoms with van der Waals surface area (Å²) in [5.41, 5.74) is 0.400. The van der Waals surface area contributed by atoms with Crippen LogP contribution >= 0.6 is 11.6 Å². The van der Waals surface area contributed by atoms with E-state index < -0.39 is 10.8 Å². The van der Waals surface area contributed by atoms with E-state index in [1.165, 1.54) is 12.1 Å². The van der Waals surface area contributed by atoms with Crippen LogP contribution in [-0.2, 0) is 0 Å². The number of hydrogen-bond acceptors (Lipinski definition) is 4. The fourth-order valence-corrected chi connectivity index (χ4v) is 2.46. The lowest BCUT2D eigenvalue weighted by Crippen LogP contribution is -2.27. The quantitative estimate of drug-likeness (QED) is 0.631. The molecule has 8 heteroatoms. The second-order valence-electron chi connectivity index (χ2n) is 5.67. The minimum absolute atomic E-state index is 0.0502. The van der Waals surface area contributed by atoms with Crippen molar-refractivity contribution in [2.45, 2.75) is 18.9 Å². The molecule has 7 nitrogen and oxygen atoms in total. The molecule has 0 bridgehead atoms. The van der Waals surface area contributed by atoms with Crippen LogP contribution in [0.3, 0.4) is 0 Å². The highest BCUT2D eigenvalue weighted by atomic mass is 35.5. The lowest BCUT2D eigenvalue weighted by molar-refractivity contribution is -0.384. The first-order valence-electron chi connectivity index (χ1n) is 7.61.